The van der Waals surface area contributed by atoms with Crippen molar-refractivity contribution in [3.05, 3.63) is 29.8 Å². The number of hydrogen-bond acceptors (Lipinski definition) is 4. The molecule has 0 aliphatic carbocycles. The van der Waals surface area contributed by atoms with Crippen LogP contribution in [0.5, 0.6) is 5.75 Å². The molecule has 0 saturated carbocycles. The monoisotopic (exact) mass is 394 g/mol. The van der Waals surface area contributed by atoms with Gasteiger partial charge in [-0.05, 0) is 12.5 Å². The highest BCUT2D eigenvalue weighted by molar-refractivity contribution is 14.1. The largest absolute Gasteiger partial charge is 0.496 e. The Bertz CT molecular complexity index is 359. The average molecular weight is 394 g/mol. The summed E-state index contributed by atoms with van der Waals surface area (Å²) in [4.78, 5) is 0. The lowest BCUT2D eigenvalue weighted by molar-refractivity contribution is 0.00965. The molecular weight excluding hydrogens is 371 g/mol. The molecule has 114 valence electrons. The van der Waals surface area contributed by atoms with Crippen molar-refractivity contribution in [3.63, 3.8) is 0 Å². The fourth-order valence-electron chi connectivity index (χ4n) is 1.81. The lowest BCUT2D eigenvalue weighted by Crippen LogP contribution is -2.12. The molecule has 1 unspecified atom stereocenters. The van der Waals surface area contributed by atoms with Crippen LogP contribution in [0.15, 0.2) is 24.3 Å². The van der Waals surface area contributed by atoms with Gasteiger partial charge in [0.15, 0.2) is 0 Å². The minimum atomic E-state index is 0.0364. The topological polar surface area (TPSA) is 36.9 Å². The van der Waals surface area contributed by atoms with E-state index in [2.05, 4.69) is 22.6 Å². The number of halogens is 1. The van der Waals surface area contributed by atoms with Crippen LogP contribution in [0, 0.1) is 0 Å². The first-order valence-corrected chi connectivity index (χ1v) is 8.23. The van der Waals surface area contributed by atoms with E-state index in [9.17, 15) is 0 Å². The zero-order chi connectivity index (χ0) is 14.6. The van der Waals surface area contributed by atoms with Gasteiger partial charge in [-0.3, -0.25) is 0 Å². The SMILES string of the molecule is COCCCOCCOC(CI)c1ccccc1OC. The van der Waals surface area contributed by atoms with E-state index in [-0.39, 0.29) is 6.10 Å². The van der Waals surface area contributed by atoms with Crippen molar-refractivity contribution in [1.29, 1.82) is 0 Å². The van der Waals surface area contributed by atoms with Gasteiger partial charge in [-0.2, -0.15) is 0 Å². The molecule has 0 aromatic heterocycles. The molecule has 1 rings (SSSR count). The molecule has 20 heavy (non-hydrogen) atoms. The van der Waals surface area contributed by atoms with Crippen molar-refractivity contribution in [2.75, 3.05) is 45.1 Å². The van der Waals surface area contributed by atoms with E-state index in [0.717, 1.165) is 28.8 Å². The van der Waals surface area contributed by atoms with Gasteiger partial charge in [-0.15, -0.1) is 0 Å². The average Bonchev–Trinajstić information content (AvgIpc) is 2.50. The molecule has 0 radical (unpaired) electrons. The van der Waals surface area contributed by atoms with Gasteiger partial charge in [0, 0.05) is 30.3 Å². The van der Waals surface area contributed by atoms with E-state index in [1.165, 1.54) is 0 Å². The molecule has 0 fully saturated rings. The number of para-hydroxylation sites is 1. The van der Waals surface area contributed by atoms with E-state index in [1.807, 2.05) is 24.3 Å². The van der Waals surface area contributed by atoms with Gasteiger partial charge < -0.3 is 18.9 Å². The van der Waals surface area contributed by atoms with E-state index in [0.29, 0.717) is 19.8 Å². The molecular formula is C15H23IO4. The van der Waals surface area contributed by atoms with Gasteiger partial charge in [-0.25, -0.2) is 0 Å². The molecule has 1 aromatic carbocycles. The molecule has 5 heteroatoms. The van der Waals surface area contributed by atoms with E-state index < -0.39 is 0 Å². The lowest BCUT2D eigenvalue weighted by Gasteiger charge is -2.18. The predicted octanol–water partition coefficient (Wildman–Crippen LogP) is 3.24. The van der Waals surface area contributed by atoms with Crippen LogP contribution in [-0.2, 0) is 14.2 Å². The van der Waals surface area contributed by atoms with Crippen molar-refractivity contribution in [2.24, 2.45) is 0 Å². The zero-order valence-electron chi connectivity index (χ0n) is 12.1. The van der Waals surface area contributed by atoms with Gasteiger partial charge in [0.05, 0.1) is 26.4 Å². The quantitative estimate of drug-likeness (QED) is 0.328. The van der Waals surface area contributed by atoms with Crippen molar-refractivity contribution in [3.8, 4) is 5.75 Å². The molecule has 0 aliphatic rings. The third-order valence-electron chi connectivity index (χ3n) is 2.81. The second-order valence-electron chi connectivity index (χ2n) is 4.21. The van der Waals surface area contributed by atoms with Crippen LogP contribution in [0.25, 0.3) is 0 Å². The summed E-state index contributed by atoms with van der Waals surface area (Å²) >= 11 is 2.33. The minimum absolute atomic E-state index is 0.0364. The summed E-state index contributed by atoms with van der Waals surface area (Å²) in [6, 6.07) is 7.97. The van der Waals surface area contributed by atoms with Crippen LogP contribution in [0.1, 0.15) is 18.1 Å². The smallest absolute Gasteiger partial charge is 0.124 e. The fourth-order valence-corrected chi connectivity index (χ4v) is 2.54. The molecule has 0 aliphatic heterocycles. The van der Waals surface area contributed by atoms with Crippen LogP contribution in [0.3, 0.4) is 0 Å². The Morgan fingerprint density at radius 3 is 2.55 bits per heavy atom. The van der Waals surface area contributed by atoms with Crippen molar-refractivity contribution < 1.29 is 18.9 Å². The Balaban J connectivity index is 2.32. The summed E-state index contributed by atoms with van der Waals surface area (Å²) in [7, 11) is 3.38. The van der Waals surface area contributed by atoms with Crippen LogP contribution in [-0.4, -0.2) is 45.1 Å². The van der Waals surface area contributed by atoms with Crippen molar-refractivity contribution in [1.82, 2.24) is 0 Å². The highest BCUT2D eigenvalue weighted by Gasteiger charge is 2.14. The number of methoxy groups -OCH3 is 2. The van der Waals surface area contributed by atoms with Gasteiger partial charge in [0.2, 0.25) is 0 Å². The van der Waals surface area contributed by atoms with Crippen LogP contribution in [0.2, 0.25) is 0 Å². The summed E-state index contributed by atoms with van der Waals surface area (Å²) in [5, 5.41) is 0. The Kier molecular flexibility index (Phi) is 10.00. The lowest BCUT2D eigenvalue weighted by atomic mass is 10.1. The highest BCUT2D eigenvalue weighted by atomic mass is 127. The number of alkyl halides is 1. The van der Waals surface area contributed by atoms with E-state index >= 15 is 0 Å². The zero-order valence-corrected chi connectivity index (χ0v) is 14.3. The second kappa shape index (κ2) is 11.3. The molecule has 4 nitrogen and oxygen atoms in total. The van der Waals surface area contributed by atoms with Gasteiger partial charge in [0.1, 0.15) is 5.75 Å². The van der Waals surface area contributed by atoms with E-state index in [4.69, 9.17) is 18.9 Å². The highest BCUT2D eigenvalue weighted by Crippen LogP contribution is 2.28. The summed E-state index contributed by atoms with van der Waals surface area (Å²) in [5.74, 6) is 0.871. The third kappa shape index (κ3) is 6.39. The number of benzene rings is 1. The first-order valence-electron chi connectivity index (χ1n) is 6.70. The number of hydrogen-bond donors (Lipinski definition) is 0. The maximum absolute atomic E-state index is 5.88. The summed E-state index contributed by atoms with van der Waals surface area (Å²) in [6.45, 7) is 2.63. The molecule has 0 N–H and O–H groups in total. The first kappa shape index (κ1) is 17.7. The molecule has 1 aromatic rings. The fraction of sp³-hybridized carbons (Fsp3) is 0.600. The molecule has 0 saturated heterocycles. The Labute approximate surface area is 134 Å². The van der Waals surface area contributed by atoms with Crippen LogP contribution >= 0.6 is 22.6 Å². The molecule has 0 amide bonds. The molecule has 0 spiro atoms. The first-order chi connectivity index (χ1) is 9.83. The number of rotatable bonds is 11. The van der Waals surface area contributed by atoms with Crippen LogP contribution in [0.4, 0.5) is 0 Å². The van der Waals surface area contributed by atoms with Crippen molar-refractivity contribution in [2.45, 2.75) is 12.5 Å². The summed E-state index contributed by atoms with van der Waals surface area (Å²) < 4.78 is 22.6. The predicted molar refractivity (Wildman–Crippen MR) is 87.9 cm³/mol. The van der Waals surface area contributed by atoms with Crippen LogP contribution < -0.4 is 4.74 Å². The number of ether oxygens (including phenoxy) is 4. The van der Waals surface area contributed by atoms with Gasteiger partial charge in [0.25, 0.3) is 0 Å². The maximum Gasteiger partial charge on any atom is 0.124 e. The Morgan fingerprint density at radius 1 is 1.05 bits per heavy atom. The standard InChI is InChI=1S/C15H23IO4/c1-17-8-5-9-19-10-11-20-15(12-16)13-6-3-4-7-14(13)18-2/h3-4,6-7,15H,5,8-12H2,1-2H3. The third-order valence-corrected chi connectivity index (χ3v) is 3.61. The summed E-state index contributed by atoms with van der Waals surface area (Å²) in [6.07, 6.45) is 0.952. The molecule has 0 bridgehead atoms. The van der Waals surface area contributed by atoms with Crippen molar-refractivity contribution >= 4 is 22.6 Å². The molecule has 0 heterocycles. The van der Waals surface area contributed by atoms with Gasteiger partial charge in [-0.1, -0.05) is 40.8 Å². The maximum atomic E-state index is 5.88. The Morgan fingerprint density at radius 2 is 1.85 bits per heavy atom. The second-order valence-corrected chi connectivity index (χ2v) is 5.10. The van der Waals surface area contributed by atoms with E-state index in [1.54, 1.807) is 14.2 Å². The Hall–Kier alpha value is -0.370. The molecule has 1 atom stereocenters. The summed E-state index contributed by atoms with van der Waals surface area (Å²) in [5.41, 5.74) is 1.09. The van der Waals surface area contributed by atoms with Gasteiger partial charge >= 0.3 is 0 Å². The minimum Gasteiger partial charge on any atom is -0.496 e. The normalized spacial score (nSPS) is 12.3.